The van der Waals surface area contributed by atoms with Crippen LogP contribution in [0.2, 0.25) is 4.34 Å². The zero-order valence-electron chi connectivity index (χ0n) is 11.2. The Morgan fingerprint density at radius 1 is 1.35 bits per heavy atom. The van der Waals surface area contributed by atoms with E-state index in [0.717, 1.165) is 40.0 Å². The maximum Gasteiger partial charge on any atom is 0.159 e. The Morgan fingerprint density at radius 3 is 2.75 bits per heavy atom. The molecule has 0 saturated carbocycles. The highest BCUT2D eigenvalue weighted by molar-refractivity contribution is 7.16. The number of imidazole rings is 1. The zero-order chi connectivity index (χ0) is 14.3. The molecule has 106 valence electrons. The smallest absolute Gasteiger partial charge is 0.159 e. The summed E-state index contributed by atoms with van der Waals surface area (Å²) in [6.45, 7) is 2.80. The molecule has 0 aromatic carbocycles. The van der Waals surface area contributed by atoms with Crippen molar-refractivity contribution in [2.24, 2.45) is 7.05 Å². The molecule has 3 aromatic rings. The molecule has 3 aromatic heterocycles. The van der Waals surface area contributed by atoms with Crippen LogP contribution in [0.5, 0.6) is 0 Å². The van der Waals surface area contributed by atoms with Gasteiger partial charge in [-0.1, -0.05) is 18.5 Å². The summed E-state index contributed by atoms with van der Waals surface area (Å²) in [5.41, 5.74) is 2.98. The van der Waals surface area contributed by atoms with Gasteiger partial charge in [0.05, 0.1) is 22.5 Å². The lowest BCUT2D eigenvalue weighted by Crippen LogP contribution is -2.06. The van der Waals surface area contributed by atoms with Crippen LogP contribution in [0.4, 0.5) is 0 Å². The summed E-state index contributed by atoms with van der Waals surface area (Å²) in [7, 11) is 1.94. The summed E-state index contributed by atoms with van der Waals surface area (Å²) in [5, 5.41) is 4.52. The van der Waals surface area contributed by atoms with E-state index in [9.17, 15) is 0 Å². The highest BCUT2D eigenvalue weighted by Crippen LogP contribution is 2.26. The number of hydrogen-bond acceptors (Lipinski definition) is 3. The largest absolute Gasteiger partial charge is 0.307 e. The first-order chi connectivity index (χ1) is 9.63. The summed E-state index contributed by atoms with van der Waals surface area (Å²) in [6.07, 6.45) is 0.862. The first-order valence-corrected chi connectivity index (χ1v) is 8.08. The highest BCUT2D eigenvalue weighted by atomic mass is 35.5. The van der Waals surface area contributed by atoms with Crippen LogP contribution < -0.4 is 0 Å². The Kier molecular flexibility index (Phi) is 3.75. The molecule has 0 fully saturated rings. The molecule has 0 spiro atoms. The van der Waals surface area contributed by atoms with Crippen LogP contribution in [0.1, 0.15) is 23.3 Å². The van der Waals surface area contributed by atoms with Gasteiger partial charge in [-0.2, -0.15) is 5.10 Å². The fourth-order valence-electron chi connectivity index (χ4n) is 2.39. The second-order valence-corrected chi connectivity index (χ2v) is 6.62. The van der Waals surface area contributed by atoms with Gasteiger partial charge in [-0.25, -0.2) is 4.98 Å². The average Bonchev–Trinajstić information content (AvgIpc) is 3.07. The molecule has 0 aliphatic heterocycles. The van der Waals surface area contributed by atoms with Gasteiger partial charge in [-0.05, 0) is 18.6 Å². The van der Waals surface area contributed by atoms with E-state index in [2.05, 4.69) is 21.6 Å². The van der Waals surface area contributed by atoms with E-state index < -0.39 is 0 Å². The van der Waals surface area contributed by atoms with Gasteiger partial charge in [-0.3, -0.25) is 4.68 Å². The van der Waals surface area contributed by atoms with Crippen LogP contribution in [-0.2, 0) is 25.9 Å². The third kappa shape index (κ3) is 2.24. The molecule has 0 aliphatic rings. The Balaban J connectivity index is 2.14. The molecular weight excluding hydrogens is 315 g/mol. The number of rotatable bonds is 4. The summed E-state index contributed by atoms with van der Waals surface area (Å²) in [5.74, 6) is 1.26. The van der Waals surface area contributed by atoms with E-state index >= 15 is 0 Å². The predicted molar refractivity (Wildman–Crippen MR) is 83.9 cm³/mol. The average molecular weight is 329 g/mol. The summed E-state index contributed by atoms with van der Waals surface area (Å²) in [4.78, 5) is 5.83. The molecule has 0 amide bonds. The molecule has 0 bridgehead atoms. The van der Waals surface area contributed by atoms with E-state index in [1.807, 2.05) is 23.9 Å². The number of alkyl halides is 1. The normalized spacial score (nSPS) is 11.6. The molecule has 0 N–H and O–H groups in total. The zero-order valence-corrected chi connectivity index (χ0v) is 13.6. The summed E-state index contributed by atoms with van der Waals surface area (Å²) in [6, 6.07) is 3.95. The van der Waals surface area contributed by atoms with E-state index in [4.69, 9.17) is 23.2 Å². The van der Waals surface area contributed by atoms with Crippen LogP contribution in [0.25, 0.3) is 11.2 Å². The van der Waals surface area contributed by atoms with Gasteiger partial charge in [-0.15, -0.1) is 22.9 Å². The van der Waals surface area contributed by atoms with Gasteiger partial charge in [0, 0.05) is 11.9 Å². The molecule has 0 atom stereocenters. The first kappa shape index (κ1) is 13.9. The molecule has 3 heterocycles. The Hall–Kier alpha value is -1.04. The Morgan fingerprint density at radius 2 is 2.15 bits per heavy atom. The topological polar surface area (TPSA) is 35.6 Å². The molecule has 0 saturated heterocycles. The Bertz CT molecular complexity index is 756. The van der Waals surface area contributed by atoms with Crippen molar-refractivity contribution in [2.75, 3.05) is 0 Å². The number of aromatic nitrogens is 4. The third-order valence-electron chi connectivity index (χ3n) is 3.27. The lowest BCUT2D eigenvalue weighted by atomic mass is 10.3. The van der Waals surface area contributed by atoms with Crippen LogP contribution in [0.3, 0.4) is 0 Å². The van der Waals surface area contributed by atoms with Crippen molar-refractivity contribution in [3.8, 4) is 0 Å². The van der Waals surface area contributed by atoms with Gasteiger partial charge >= 0.3 is 0 Å². The standard InChI is InChI=1S/C13H14Cl2N4S/c1-3-9-12-13(18(2)17-9)19(11(6-14)16-12)7-8-4-5-10(15)20-8/h4-5H,3,6-7H2,1-2H3. The SMILES string of the molecule is CCc1nn(C)c2c1nc(CCl)n2Cc1ccc(Cl)s1. The molecule has 0 aliphatic carbocycles. The quantitative estimate of drug-likeness (QED) is 0.682. The van der Waals surface area contributed by atoms with E-state index in [0.29, 0.717) is 5.88 Å². The minimum Gasteiger partial charge on any atom is -0.307 e. The maximum absolute atomic E-state index is 6.04. The van der Waals surface area contributed by atoms with Crippen molar-refractivity contribution in [1.29, 1.82) is 0 Å². The lowest BCUT2D eigenvalue weighted by Gasteiger charge is -2.06. The second kappa shape index (κ2) is 5.39. The fourth-order valence-corrected chi connectivity index (χ4v) is 3.67. The summed E-state index contributed by atoms with van der Waals surface area (Å²) >= 11 is 13.6. The number of nitrogens with zero attached hydrogens (tertiary/aromatic N) is 4. The summed E-state index contributed by atoms with van der Waals surface area (Å²) < 4.78 is 4.80. The maximum atomic E-state index is 6.04. The number of hydrogen-bond donors (Lipinski definition) is 0. The van der Waals surface area contributed by atoms with E-state index in [1.54, 1.807) is 11.3 Å². The van der Waals surface area contributed by atoms with Crippen molar-refractivity contribution < 1.29 is 0 Å². The first-order valence-electron chi connectivity index (χ1n) is 6.35. The minimum absolute atomic E-state index is 0.386. The molecule has 3 rings (SSSR count). The molecule has 7 heteroatoms. The van der Waals surface area contributed by atoms with Gasteiger partial charge < -0.3 is 4.57 Å². The van der Waals surface area contributed by atoms with Gasteiger partial charge in [0.25, 0.3) is 0 Å². The number of thiophene rings is 1. The number of halogens is 2. The predicted octanol–water partition coefficient (Wildman–Crippen LogP) is 3.83. The Labute approximate surface area is 130 Å². The second-order valence-electron chi connectivity index (χ2n) is 4.55. The molecule has 0 unspecified atom stereocenters. The van der Waals surface area contributed by atoms with Crippen LogP contribution in [-0.4, -0.2) is 19.3 Å². The van der Waals surface area contributed by atoms with Crippen LogP contribution in [0.15, 0.2) is 12.1 Å². The highest BCUT2D eigenvalue weighted by Gasteiger charge is 2.18. The van der Waals surface area contributed by atoms with Crippen molar-refractivity contribution in [1.82, 2.24) is 19.3 Å². The van der Waals surface area contributed by atoms with E-state index in [1.165, 1.54) is 4.88 Å². The van der Waals surface area contributed by atoms with Gasteiger partial charge in [0.1, 0.15) is 11.3 Å². The van der Waals surface area contributed by atoms with Crippen molar-refractivity contribution >= 4 is 45.7 Å². The monoisotopic (exact) mass is 328 g/mol. The number of aryl methyl sites for hydroxylation is 2. The van der Waals surface area contributed by atoms with Crippen LogP contribution in [0, 0.1) is 0 Å². The molecule has 4 nitrogen and oxygen atoms in total. The van der Waals surface area contributed by atoms with E-state index in [-0.39, 0.29) is 0 Å². The molecule has 0 radical (unpaired) electrons. The third-order valence-corrected chi connectivity index (χ3v) is 4.72. The van der Waals surface area contributed by atoms with Crippen molar-refractivity contribution in [3.63, 3.8) is 0 Å². The van der Waals surface area contributed by atoms with Gasteiger partial charge in [0.15, 0.2) is 5.65 Å². The molecule has 20 heavy (non-hydrogen) atoms. The van der Waals surface area contributed by atoms with Gasteiger partial charge in [0.2, 0.25) is 0 Å². The fraction of sp³-hybridized carbons (Fsp3) is 0.385. The van der Waals surface area contributed by atoms with Crippen LogP contribution >= 0.6 is 34.5 Å². The number of fused-ring (bicyclic) bond motifs is 1. The lowest BCUT2D eigenvalue weighted by molar-refractivity contribution is 0.701. The van der Waals surface area contributed by atoms with Crippen molar-refractivity contribution in [3.05, 3.63) is 32.9 Å². The minimum atomic E-state index is 0.386. The van der Waals surface area contributed by atoms with Crippen molar-refractivity contribution in [2.45, 2.75) is 25.8 Å². The molecular formula is C13H14Cl2N4S.